The molecular formula is C26H34N4O2. The summed E-state index contributed by atoms with van der Waals surface area (Å²) < 4.78 is 8.16. The first-order valence-corrected chi connectivity index (χ1v) is 11.5. The van der Waals surface area contributed by atoms with Gasteiger partial charge in [0.1, 0.15) is 17.3 Å². The van der Waals surface area contributed by atoms with E-state index in [4.69, 9.17) is 9.72 Å². The fourth-order valence-electron chi connectivity index (χ4n) is 4.66. The van der Waals surface area contributed by atoms with Gasteiger partial charge >= 0.3 is 0 Å². The second-order valence-corrected chi connectivity index (χ2v) is 10.2. The molecule has 0 unspecified atom stereocenters. The minimum absolute atomic E-state index is 0.0814. The third-order valence-electron chi connectivity index (χ3n) is 6.59. The number of ether oxygens (including phenoxy) is 1. The van der Waals surface area contributed by atoms with Crippen molar-refractivity contribution >= 4 is 22.8 Å². The number of anilines is 1. The van der Waals surface area contributed by atoms with Gasteiger partial charge in [-0.1, -0.05) is 20.8 Å². The number of nitrogens with one attached hydrogen (secondary N) is 1. The van der Waals surface area contributed by atoms with E-state index in [1.165, 1.54) is 25.7 Å². The number of pyridine rings is 1. The third-order valence-corrected chi connectivity index (χ3v) is 6.59. The summed E-state index contributed by atoms with van der Waals surface area (Å²) in [6, 6.07) is 10.0. The number of aromatic nitrogens is 3. The molecule has 0 amide bonds. The number of fused-ring (bicyclic) bond motifs is 1. The number of hydrogen-bond donors (Lipinski definition) is 1. The number of carbonyl (C=O) groups is 1. The molecule has 1 N–H and O–H groups in total. The number of carbonyl (C=O) groups excluding carboxylic acids is 1. The molecule has 0 aliphatic heterocycles. The molecule has 1 aliphatic carbocycles. The van der Waals surface area contributed by atoms with Crippen molar-refractivity contribution in [2.45, 2.75) is 65.8 Å². The first-order chi connectivity index (χ1) is 15.2. The van der Waals surface area contributed by atoms with E-state index in [1.807, 2.05) is 31.3 Å². The highest BCUT2D eigenvalue weighted by molar-refractivity contribution is 5.80. The van der Waals surface area contributed by atoms with Gasteiger partial charge in [0.25, 0.3) is 0 Å². The summed E-state index contributed by atoms with van der Waals surface area (Å²) in [7, 11) is 2.04. The van der Waals surface area contributed by atoms with Crippen molar-refractivity contribution in [3.63, 3.8) is 0 Å². The summed E-state index contributed by atoms with van der Waals surface area (Å²) in [4.78, 5) is 20.4. The smallest absolute Gasteiger partial charge is 0.203 e. The molecule has 1 saturated carbocycles. The Kier molecular flexibility index (Phi) is 6.22. The topological polar surface area (TPSA) is 69.0 Å². The maximum atomic E-state index is 11.4. The minimum Gasteiger partial charge on any atom is -0.457 e. The van der Waals surface area contributed by atoms with Gasteiger partial charge in [0.2, 0.25) is 5.95 Å². The maximum absolute atomic E-state index is 11.4. The molecule has 3 aromatic rings. The second kappa shape index (κ2) is 8.93. The number of Topliss-reactive ketones (excluding diaryl/α,β-unsaturated/α-hetero) is 1. The van der Waals surface area contributed by atoms with Crippen molar-refractivity contribution in [2.24, 2.45) is 18.4 Å². The van der Waals surface area contributed by atoms with Gasteiger partial charge in [-0.3, -0.25) is 9.78 Å². The lowest BCUT2D eigenvalue weighted by Gasteiger charge is -2.37. The molecule has 6 nitrogen and oxygen atoms in total. The molecule has 4 rings (SSSR count). The monoisotopic (exact) mass is 434 g/mol. The molecule has 0 atom stereocenters. The highest BCUT2D eigenvalue weighted by atomic mass is 16.5. The van der Waals surface area contributed by atoms with E-state index in [1.54, 1.807) is 19.2 Å². The van der Waals surface area contributed by atoms with E-state index >= 15 is 0 Å². The van der Waals surface area contributed by atoms with E-state index in [0.717, 1.165) is 28.6 Å². The SMILES string of the molecule is CC(=O)Cc1cc(Oc2ccc3nc(NC4CCC(C(C)(C)C)CC4)n(C)c3c2)ccn1. The largest absolute Gasteiger partial charge is 0.457 e. The molecule has 0 spiro atoms. The van der Waals surface area contributed by atoms with E-state index < -0.39 is 0 Å². The number of rotatable bonds is 6. The van der Waals surface area contributed by atoms with Gasteiger partial charge in [0, 0.05) is 37.8 Å². The zero-order valence-electron chi connectivity index (χ0n) is 19.8. The van der Waals surface area contributed by atoms with Crippen LogP contribution in [0.2, 0.25) is 0 Å². The van der Waals surface area contributed by atoms with Crippen LogP contribution in [0.1, 0.15) is 59.1 Å². The Morgan fingerprint density at radius 1 is 1.12 bits per heavy atom. The molecule has 170 valence electrons. The Hall–Kier alpha value is -2.89. The molecule has 0 saturated heterocycles. The molecule has 0 radical (unpaired) electrons. The Morgan fingerprint density at radius 3 is 2.53 bits per heavy atom. The van der Waals surface area contributed by atoms with E-state index in [2.05, 4.69) is 35.6 Å². The highest BCUT2D eigenvalue weighted by Gasteiger charge is 2.30. The zero-order valence-corrected chi connectivity index (χ0v) is 19.8. The molecular weight excluding hydrogens is 400 g/mol. The molecule has 2 aromatic heterocycles. The van der Waals surface area contributed by atoms with Crippen molar-refractivity contribution in [2.75, 3.05) is 5.32 Å². The summed E-state index contributed by atoms with van der Waals surface area (Å²) in [5.41, 5.74) is 3.06. The van der Waals surface area contributed by atoms with Crippen LogP contribution in [-0.2, 0) is 18.3 Å². The first kappa shape index (κ1) is 22.3. The Labute approximate surface area is 190 Å². The van der Waals surface area contributed by atoms with Gasteiger partial charge in [-0.2, -0.15) is 0 Å². The molecule has 6 heteroatoms. The molecule has 1 aliphatic rings. The predicted octanol–water partition coefficient (Wildman–Crippen LogP) is 5.91. The number of hydrogen-bond acceptors (Lipinski definition) is 5. The van der Waals surface area contributed by atoms with Crippen molar-refractivity contribution in [3.05, 3.63) is 42.2 Å². The van der Waals surface area contributed by atoms with Crippen molar-refractivity contribution in [1.82, 2.24) is 14.5 Å². The van der Waals surface area contributed by atoms with Crippen LogP contribution in [0.5, 0.6) is 11.5 Å². The number of nitrogens with zero attached hydrogens (tertiary/aromatic N) is 3. The molecule has 1 aromatic carbocycles. The van der Waals surface area contributed by atoms with Crippen LogP contribution in [0.15, 0.2) is 36.5 Å². The molecule has 32 heavy (non-hydrogen) atoms. The summed E-state index contributed by atoms with van der Waals surface area (Å²) in [6.45, 7) is 8.62. The lowest BCUT2D eigenvalue weighted by Crippen LogP contribution is -2.32. The van der Waals surface area contributed by atoms with Crippen molar-refractivity contribution in [3.8, 4) is 11.5 Å². The van der Waals surface area contributed by atoms with Crippen LogP contribution in [0.25, 0.3) is 11.0 Å². The number of imidazole rings is 1. The third kappa shape index (κ3) is 5.12. The van der Waals surface area contributed by atoms with Gasteiger partial charge in [0.15, 0.2) is 0 Å². The zero-order chi connectivity index (χ0) is 22.9. The van der Waals surface area contributed by atoms with E-state index in [0.29, 0.717) is 29.3 Å². The summed E-state index contributed by atoms with van der Waals surface area (Å²) in [5, 5.41) is 3.68. The van der Waals surface area contributed by atoms with Crippen LogP contribution < -0.4 is 10.1 Å². The minimum atomic E-state index is 0.0814. The van der Waals surface area contributed by atoms with Gasteiger partial charge in [-0.15, -0.1) is 0 Å². The number of benzene rings is 1. The fraction of sp³-hybridized carbons (Fsp3) is 0.500. The maximum Gasteiger partial charge on any atom is 0.203 e. The van der Waals surface area contributed by atoms with Crippen LogP contribution in [0.4, 0.5) is 5.95 Å². The average Bonchev–Trinajstić information content (AvgIpc) is 3.03. The van der Waals surface area contributed by atoms with Gasteiger partial charge in [-0.05, 0) is 62.1 Å². The second-order valence-electron chi connectivity index (χ2n) is 10.2. The fourth-order valence-corrected chi connectivity index (χ4v) is 4.66. The van der Waals surface area contributed by atoms with Crippen molar-refractivity contribution in [1.29, 1.82) is 0 Å². The summed E-state index contributed by atoms with van der Waals surface area (Å²) in [5.74, 6) is 3.19. The Bertz CT molecular complexity index is 1100. The van der Waals surface area contributed by atoms with Gasteiger partial charge < -0.3 is 14.6 Å². The lowest BCUT2D eigenvalue weighted by atomic mass is 9.71. The normalized spacial score (nSPS) is 19.2. The van der Waals surface area contributed by atoms with E-state index in [-0.39, 0.29) is 5.78 Å². The van der Waals surface area contributed by atoms with Crippen LogP contribution in [0.3, 0.4) is 0 Å². The number of ketones is 1. The molecule has 0 bridgehead atoms. The molecule has 2 heterocycles. The van der Waals surface area contributed by atoms with Crippen LogP contribution in [0, 0.1) is 11.3 Å². The first-order valence-electron chi connectivity index (χ1n) is 11.5. The Morgan fingerprint density at radius 2 is 1.84 bits per heavy atom. The average molecular weight is 435 g/mol. The van der Waals surface area contributed by atoms with E-state index in [9.17, 15) is 4.79 Å². The quantitative estimate of drug-likeness (QED) is 0.522. The molecule has 1 fully saturated rings. The summed E-state index contributed by atoms with van der Waals surface area (Å²) >= 11 is 0. The summed E-state index contributed by atoms with van der Waals surface area (Å²) in [6.07, 6.45) is 6.88. The predicted molar refractivity (Wildman–Crippen MR) is 128 cm³/mol. The standard InChI is InChI=1S/C26H34N4O2/c1-17(31)14-20-15-22(12-13-27-20)32-21-10-11-23-24(16-21)30(5)25(29-23)28-19-8-6-18(7-9-19)26(2,3)4/h10-13,15-16,18-19H,6-9,14H2,1-5H3,(H,28,29). The van der Waals surface area contributed by atoms with Crippen LogP contribution in [-0.4, -0.2) is 26.4 Å². The highest BCUT2D eigenvalue weighted by Crippen LogP contribution is 2.38. The Balaban J connectivity index is 1.47. The van der Waals surface area contributed by atoms with Crippen molar-refractivity contribution < 1.29 is 9.53 Å². The number of aryl methyl sites for hydroxylation is 1. The van der Waals surface area contributed by atoms with Gasteiger partial charge in [0.05, 0.1) is 16.7 Å². The van der Waals surface area contributed by atoms with Gasteiger partial charge in [-0.25, -0.2) is 4.98 Å². The van der Waals surface area contributed by atoms with Crippen LogP contribution >= 0.6 is 0 Å². The lowest BCUT2D eigenvalue weighted by molar-refractivity contribution is -0.116.